The van der Waals surface area contributed by atoms with Gasteiger partial charge in [-0.25, -0.2) is 4.79 Å². The molecule has 3 heteroatoms. The first-order chi connectivity index (χ1) is 6.81. The highest BCUT2D eigenvalue weighted by Crippen LogP contribution is 2.21. The third-order valence-corrected chi connectivity index (χ3v) is 1.97. The highest BCUT2D eigenvalue weighted by Gasteiger charge is 2.09. The lowest BCUT2D eigenvalue weighted by molar-refractivity contribution is 0.115. The van der Waals surface area contributed by atoms with E-state index in [1.54, 1.807) is 0 Å². The minimum Gasteiger partial charge on any atom is -0.447 e. The number of unbranched alkanes of at least 4 members (excludes halogenated alkanes) is 1. The summed E-state index contributed by atoms with van der Waals surface area (Å²) in [6.45, 7) is 11.1. The summed E-state index contributed by atoms with van der Waals surface area (Å²) in [7, 11) is 0. The average molecular weight is 215 g/mol. The van der Waals surface area contributed by atoms with Crippen molar-refractivity contribution in [3.8, 4) is 0 Å². The van der Waals surface area contributed by atoms with Crippen LogP contribution in [-0.2, 0) is 4.74 Å². The molecule has 0 rings (SSSR count). The SMILES string of the molecule is CC(C)OC(=O)NCCCCC(C)(C)C. The van der Waals surface area contributed by atoms with Gasteiger partial charge in [0.2, 0.25) is 0 Å². The third kappa shape index (κ3) is 11.2. The molecule has 0 spiro atoms. The molecule has 0 unspecified atom stereocenters. The van der Waals surface area contributed by atoms with Crippen molar-refractivity contribution in [1.29, 1.82) is 0 Å². The Balaban J connectivity index is 3.35. The van der Waals surface area contributed by atoms with Crippen LogP contribution in [0.1, 0.15) is 53.9 Å². The summed E-state index contributed by atoms with van der Waals surface area (Å²) in [4.78, 5) is 11.1. The number of rotatable bonds is 5. The van der Waals surface area contributed by atoms with Gasteiger partial charge in [0.25, 0.3) is 0 Å². The molecule has 0 heterocycles. The molecule has 0 aliphatic heterocycles. The number of carbonyl (C=O) groups is 1. The summed E-state index contributed by atoms with van der Waals surface area (Å²) >= 11 is 0. The van der Waals surface area contributed by atoms with Crippen LogP contribution in [0, 0.1) is 5.41 Å². The van der Waals surface area contributed by atoms with E-state index in [-0.39, 0.29) is 12.2 Å². The first-order valence-electron chi connectivity index (χ1n) is 5.76. The minimum atomic E-state index is -0.305. The number of ether oxygens (including phenoxy) is 1. The zero-order chi connectivity index (χ0) is 11.9. The predicted molar refractivity (Wildman–Crippen MR) is 62.9 cm³/mol. The average Bonchev–Trinajstić information content (AvgIpc) is 1.99. The van der Waals surface area contributed by atoms with Crippen molar-refractivity contribution in [2.75, 3.05) is 6.54 Å². The van der Waals surface area contributed by atoms with E-state index in [2.05, 4.69) is 26.1 Å². The number of carbonyl (C=O) groups excluding carboxylic acids is 1. The van der Waals surface area contributed by atoms with Crippen LogP contribution < -0.4 is 5.32 Å². The van der Waals surface area contributed by atoms with E-state index in [0.29, 0.717) is 12.0 Å². The van der Waals surface area contributed by atoms with Crippen molar-refractivity contribution in [2.24, 2.45) is 5.41 Å². The smallest absolute Gasteiger partial charge is 0.407 e. The first-order valence-corrected chi connectivity index (χ1v) is 5.76. The lowest BCUT2D eigenvalue weighted by Gasteiger charge is -2.17. The molecule has 0 saturated heterocycles. The molecule has 3 nitrogen and oxygen atoms in total. The van der Waals surface area contributed by atoms with E-state index in [1.165, 1.54) is 6.42 Å². The predicted octanol–water partition coefficient (Wildman–Crippen LogP) is 3.34. The molecule has 0 atom stereocenters. The van der Waals surface area contributed by atoms with Crippen molar-refractivity contribution in [2.45, 2.75) is 60.0 Å². The van der Waals surface area contributed by atoms with Gasteiger partial charge in [-0.1, -0.05) is 27.2 Å². The van der Waals surface area contributed by atoms with Gasteiger partial charge >= 0.3 is 6.09 Å². The normalized spacial score (nSPS) is 11.6. The van der Waals surface area contributed by atoms with E-state index in [9.17, 15) is 4.79 Å². The second-order valence-corrected chi connectivity index (χ2v) is 5.40. The highest BCUT2D eigenvalue weighted by molar-refractivity contribution is 5.67. The van der Waals surface area contributed by atoms with Crippen LogP contribution in [0.3, 0.4) is 0 Å². The lowest BCUT2D eigenvalue weighted by atomic mass is 9.90. The molecule has 0 aromatic carbocycles. The maximum absolute atomic E-state index is 11.1. The van der Waals surface area contributed by atoms with Crippen LogP contribution in [0.5, 0.6) is 0 Å². The second-order valence-electron chi connectivity index (χ2n) is 5.40. The van der Waals surface area contributed by atoms with Gasteiger partial charge < -0.3 is 10.1 Å². The van der Waals surface area contributed by atoms with E-state index in [1.807, 2.05) is 13.8 Å². The van der Waals surface area contributed by atoms with Crippen LogP contribution in [0.2, 0.25) is 0 Å². The van der Waals surface area contributed by atoms with Crippen molar-refractivity contribution < 1.29 is 9.53 Å². The molecule has 0 aromatic heterocycles. The third-order valence-electron chi connectivity index (χ3n) is 1.97. The molecule has 15 heavy (non-hydrogen) atoms. The largest absolute Gasteiger partial charge is 0.447 e. The van der Waals surface area contributed by atoms with Crippen molar-refractivity contribution >= 4 is 6.09 Å². The number of hydrogen-bond acceptors (Lipinski definition) is 2. The summed E-state index contributed by atoms with van der Waals surface area (Å²) in [5, 5.41) is 2.74. The number of hydrogen-bond donors (Lipinski definition) is 1. The molecule has 1 N–H and O–H groups in total. The monoisotopic (exact) mass is 215 g/mol. The van der Waals surface area contributed by atoms with E-state index in [0.717, 1.165) is 12.8 Å². The molecular weight excluding hydrogens is 190 g/mol. The van der Waals surface area contributed by atoms with Gasteiger partial charge in [0.15, 0.2) is 0 Å². The van der Waals surface area contributed by atoms with Crippen molar-refractivity contribution in [3.05, 3.63) is 0 Å². The van der Waals surface area contributed by atoms with Crippen LogP contribution in [0.4, 0.5) is 4.79 Å². The van der Waals surface area contributed by atoms with Crippen molar-refractivity contribution in [1.82, 2.24) is 5.32 Å². The van der Waals surface area contributed by atoms with Gasteiger partial charge in [-0.15, -0.1) is 0 Å². The van der Waals surface area contributed by atoms with Gasteiger partial charge in [-0.2, -0.15) is 0 Å². The standard InChI is InChI=1S/C12H25NO2/c1-10(2)15-11(14)13-9-7-6-8-12(3,4)5/h10H,6-9H2,1-5H3,(H,13,14). The Bertz CT molecular complexity index is 183. The van der Waals surface area contributed by atoms with E-state index >= 15 is 0 Å². The highest BCUT2D eigenvalue weighted by atomic mass is 16.6. The van der Waals surface area contributed by atoms with E-state index in [4.69, 9.17) is 4.74 Å². The maximum atomic E-state index is 11.1. The van der Waals surface area contributed by atoms with Crippen molar-refractivity contribution in [3.63, 3.8) is 0 Å². The van der Waals surface area contributed by atoms with Gasteiger partial charge in [-0.05, 0) is 32.1 Å². The molecule has 0 aromatic rings. The van der Waals surface area contributed by atoms with Gasteiger partial charge in [0, 0.05) is 6.54 Å². The Morgan fingerprint density at radius 1 is 1.27 bits per heavy atom. The summed E-state index contributed by atoms with van der Waals surface area (Å²) < 4.78 is 4.95. The van der Waals surface area contributed by atoms with Crippen LogP contribution in [-0.4, -0.2) is 18.7 Å². The number of alkyl carbamates (subject to hydrolysis) is 1. The number of nitrogens with one attached hydrogen (secondary N) is 1. The van der Waals surface area contributed by atoms with Gasteiger partial charge in [0.1, 0.15) is 0 Å². The second kappa shape index (κ2) is 6.70. The fourth-order valence-electron chi connectivity index (χ4n) is 1.23. The molecule has 90 valence electrons. The Morgan fingerprint density at radius 2 is 1.87 bits per heavy atom. The molecule has 0 bridgehead atoms. The van der Waals surface area contributed by atoms with Crippen LogP contribution in [0.25, 0.3) is 0 Å². The zero-order valence-electron chi connectivity index (χ0n) is 10.7. The maximum Gasteiger partial charge on any atom is 0.407 e. The topological polar surface area (TPSA) is 38.3 Å². The summed E-state index contributed by atoms with van der Waals surface area (Å²) in [5.74, 6) is 0. The molecule has 0 aliphatic carbocycles. The minimum absolute atomic E-state index is 0.0421. The zero-order valence-corrected chi connectivity index (χ0v) is 10.7. The van der Waals surface area contributed by atoms with E-state index < -0.39 is 0 Å². The molecule has 1 amide bonds. The summed E-state index contributed by atoms with van der Waals surface area (Å²) in [6.07, 6.45) is 3.00. The summed E-state index contributed by atoms with van der Waals surface area (Å²) in [5.41, 5.74) is 0.387. The Hall–Kier alpha value is -0.730. The Morgan fingerprint density at radius 3 is 2.33 bits per heavy atom. The summed E-state index contributed by atoms with van der Waals surface area (Å²) in [6, 6.07) is 0. The Kier molecular flexibility index (Phi) is 6.37. The van der Waals surface area contributed by atoms with Crippen LogP contribution in [0.15, 0.2) is 0 Å². The molecule has 0 saturated carbocycles. The fraction of sp³-hybridized carbons (Fsp3) is 0.917. The van der Waals surface area contributed by atoms with Gasteiger partial charge in [0.05, 0.1) is 6.10 Å². The molecular formula is C12H25NO2. The van der Waals surface area contributed by atoms with Gasteiger partial charge in [-0.3, -0.25) is 0 Å². The van der Waals surface area contributed by atoms with Crippen LogP contribution >= 0.6 is 0 Å². The Labute approximate surface area is 93.6 Å². The number of amides is 1. The fourth-order valence-corrected chi connectivity index (χ4v) is 1.23. The first kappa shape index (κ1) is 14.3. The molecule has 0 aliphatic rings. The molecule has 0 fully saturated rings. The lowest BCUT2D eigenvalue weighted by Crippen LogP contribution is -2.27. The molecule has 0 radical (unpaired) electrons. The quantitative estimate of drug-likeness (QED) is 0.714.